The number of rotatable bonds is 38. The molecule has 0 amide bonds. The Balaban J connectivity index is 4.44. The number of ether oxygens (including phenoxy) is 2. The molecule has 3 atom stereocenters. The highest BCUT2D eigenvalue weighted by atomic mass is 31.2. The van der Waals surface area contributed by atoms with Crippen molar-refractivity contribution >= 4 is 19.8 Å². The molecular weight excluding hydrogens is 753 g/mol. The zero-order valence-electron chi connectivity index (χ0n) is 35.6. The number of phosphoric ester groups is 1. The van der Waals surface area contributed by atoms with E-state index in [4.69, 9.17) is 24.3 Å². The smallest absolute Gasteiger partial charge is 0.462 e. The van der Waals surface area contributed by atoms with Crippen LogP contribution in [0.2, 0.25) is 0 Å². The molecular formula is C47H76NO9P. The highest BCUT2D eigenvalue weighted by molar-refractivity contribution is 7.47. The lowest BCUT2D eigenvalue weighted by molar-refractivity contribution is -0.161. The molecule has 0 aliphatic carbocycles. The van der Waals surface area contributed by atoms with E-state index in [1.807, 2.05) is 12.2 Å². The van der Waals surface area contributed by atoms with E-state index in [2.05, 4.69) is 98.9 Å². The van der Waals surface area contributed by atoms with Crippen LogP contribution in [-0.4, -0.2) is 60.5 Å². The quantitative estimate of drug-likeness (QED) is 0.0180. The molecule has 328 valence electrons. The average Bonchev–Trinajstić information content (AvgIpc) is 3.20. The molecule has 0 heterocycles. The summed E-state index contributed by atoms with van der Waals surface area (Å²) >= 11 is 0. The first-order chi connectivity index (χ1) is 28.2. The van der Waals surface area contributed by atoms with Crippen molar-refractivity contribution in [2.24, 2.45) is 5.73 Å². The van der Waals surface area contributed by atoms with E-state index in [-0.39, 0.29) is 32.6 Å². The molecule has 4 N–H and O–H groups in total. The number of esters is 2. The number of carbonyl (C=O) groups is 2. The van der Waals surface area contributed by atoms with Gasteiger partial charge in [-0.1, -0.05) is 142 Å². The number of allylic oxidation sites excluding steroid dienone is 17. The Morgan fingerprint density at radius 1 is 0.621 bits per heavy atom. The summed E-state index contributed by atoms with van der Waals surface area (Å²) in [5, 5.41) is 10.3. The predicted molar refractivity (Wildman–Crippen MR) is 239 cm³/mol. The number of carbonyl (C=O) groups excluding carboxylic acids is 2. The fourth-order valence-corrected chi connectivity index (χ4v) is 5.82. The number of unbranched alkanes of at least 4 members (excludes halogenated alkanes) is 6. The van der Waals surface area contributed by atoms with Crippen molar-refractivity contribution in [3.05, 3.63) is 109 Å². The lowest BCUT2D eigenvalue weighted by Crippen LogP contribution is -2.29. The van der Waals surface area contributed by atoms with Crippen molar-refractivity contribution in [1.29, 1.82) is 0 Å². The normalized spacial score (nSPS) is 14.9. The van der Waals surface area contributed by atoms with Crippen LogP contribution in [0, 0.1) is 0 Å². The predicted octanol–water partition coefficient (Wildman–Crippen LogP) is 11.4. The number of phosphoric acid groups is 1. The molecule has 0 saturated heterocycles. The van der Waals surface area contributed by atoms with E-state index >= 15 is 0 Å². The third-order valence-electron chi connectivity index (χ3n) is 8.25. The molecule has 11 heteroatoms. The minimum atomic E-state index is -4.45. The molecule has 0 aliphatic heterocycles. The zero-order valence-corrected chi connectivity index (χ0v) is 36.5. The third-order valence-corrected chi connectivity index (χ3v) is 9.23. The summed E-state index contributed by atoms with van der Waals surface area (Å²) < 4.78 is 32.6. The van der Waals surface area contributed by atoms with E-state index in [9.17, 15) is 24.2 Å². The van der Waals surface area contributed by atoms with Gasteiger partial charge < -0.3 is 25.2 Å². The molecule has 0 aromatic rings. The van der Waals surface area contributed by atoms with Gasteiger partial charge in [0.25, 0.3) is 0 Å². The first-order valence-corrected chi connectivity index (χ1v) is 23.0. The summed E-state index contributed by atoms with van der Waals surface area (Å²) in [7, 11) is -4.45. The average molecular weight is 830 g/mol. The highest BCUT2D eigenvalue weighted by Crippen LogP contribution is 2.43. The van der Waals surface area contributed by atoms with Gasteiger partial charge in [0.1, 0.15) is 6.61 Å². The summed E-state index contributed by atoms with van der Waals surface area (Å²) in [4.78, 5) is 34.9. The molecule has 2 unspecified atom stereocenters. The van der Waals surface area contributed by atoms with Crippen molar-refractivity contribution < 1.29 is 42.7 Å². The van der Waals surface area contributed by atoms with Crippen molar-refractivity contribution in [3.8, 4) is 0 Å². The number of hydrogen-bond donors (Lipinski definition) is 3. The Morgan fingerprint density at radius 3 is 1.72 bits per heavy atom. The fourth-order valence-electron chi connectivity index (χ4n) is 5.06. The maximum absolute atomic E-state index is 12.6. The van der Waals surface area contributed by atoms with Crippen LogP contribution >= 0.6 is 7.82 Å². The number of hydrogen-bond acceptors (Lipinski definition) is 9. The van der Waals surface area contributed by atoms with Gasteiger partial charge in [-0.05, 0) is 89.9 Å². The number of aliphatic hydroxyl groups excluding tert-OH is 1. The second-order valence-corrected chi connectivity index (χ2v) is 15.1. The third kappa shape index (κ3) is 40.8. The molecule has 0 spiro atoms. The first kappa shape index (κ1) is 54.6. The minimum Gasteiger partial charge on any atom is -0.462 e. The van der Waals surface area contributed by atoms with Crippen molar-refractivity contribution in [3.63, 3.8) is 0 Å². The molecule has 0 radical (unpaired) electrons. The molecule has 0 aromatic carbocycles. The molecule has 58 heavy (non-hydrogen) atoms. The van der Waals surface area contributed by atoms with Gasteiger partial charge in [-0.2, -0.15) is 0 Å². The van der Waals surface area contributed by atoms with Crippen molar-refractivity contribution in [1.82, 2.24) is 0 Å². The summed E-state index contributed by atoms with van der Waals surface area (Å²) in [6, 6.07) is 0. The Kier molecular flexibility index (Phi) is 39.4. The zero-order chi connectivity index (χ0) is 42.6. The van der Waals surface area contributed by atoms with Crippen LogP contribution in [0.15, 0.2) is 109 Å². The molecule has 10 nitrogen and oxygen atoms in total. The lowest BCUT2D eigenvalue weighted by atomic mass is 10.1. The summed E-state index contributed by atoms with van der Waals surface area (Å²) in [5.41, 5.74) is 5.33. The van der Waals surface area contributed by atoms with Crippen LogP contribution in [-0.2, 0) is 32.7 Å². The number of nitrogens with two attached hydrogens (primary N) is 1. The standard InChI is InChI=1S/C47H76NO9P/c1-3-5-7-9-11-13-15-17-18-19-20-21-22-24-26-28-30-32-34-38-46(50)54-42-45(43-56-58(52,53)55-41-40-48)57-47(51)39-35-37-44(49)36-33-31-29-27-25-23-16-14-12-10-8-6-4-2/h6,8,11-14,17-18,20-21,23-26,29,31,33,36,44-45,49H,3-5,7,9-10,15-16,19,22,27-28,30,32,34-35,37-43,48H2,1-2H3,(H,52,53)/b8-6-,13-11-,14-12-,18-17-,21-20-,25-23-,26-24-,31-29-,36-33+/t44?,45-/m1/s1. The maximum Gasteiger partial charge on any atom is 0.472 e. The van der Waals surface area contributed by atoms with Crippen LogP contribution < -0.4 is 5.73 Å². The largest absolute Gasteiger partial charge is 0.472 e. The van der Waals surface area contributed by atoms with E-state index in [0.717, 1.165) is 64.2 Å². The Labute approximate surface area is 351 Å². The Bertz CT molecular complexity index is 1330. The van der Waals surface area contributed by atoms with Gasteiger partial charge in [0.05, 0.1) is 19.3 Å². The molecule has 0 rings (SSSR count). The minimum absolute atomic E-state index is 0.0119. The van der Waals surface area contributed by atoms with Crippen LogP contribution in [0.4, 0.5) is 0 Å². The second-order valence-electron chi connectivity index (χ2n) is 13.7. The van der Waals surface area contributed by atoms with Gasteiger partial charge in [0.2, 0.25) is 0 Å². The van der Waals surface area contributed by atoms with E-state index in [1.165, 1.54) is 25.7 Å². The summed E-state index contributed by atoms with van der Waals surface area (Å²) in [6.07, 6.45) is 51.5. The van der Waals surface area contributed by atoms with Gasteiger partial charge in [0, 0.05) is 19.4 Å². The molecule has 0 aromatic heterocycles. The molecule has 0 fully saturated rings. The lowest BCUT2D eigenvalue weighted by Gasteiger charge is -2.20. The van der Waals surface area contributed by atoms with E-state index < -0.39 is 38.6 Å². The number of aliphatic hydroxyl groups is 1. The molecule has 0 aliphatic rings. The monoisotopic (exact) mass is 830 g/mol. The van der Waals surface area contributed by atoms with Crippen LogP contribution in [0.3, 0.4) is 0 Å². The Morgan fingerprint density at radius 2 is 1.16 bits per heavy atom. The van der Waals surface area contributed by atoms with E-state index in [1.54, 1.807) is 12.2 Å². The van der Waals surface area contributed by atoms with Gasteiger partial charge in [-0.3, -0.25) is 18.6 Å². The van der Waals surface area contributed by atoms with Gasteiger partial charge >= 0.3 is 19.8 Å². The summed E-state index contributed by atoms with van der Waals surface area (Å²) in [5.74, 6) is -1.08. The highest BCUT2D eigenvalue weighted by Gasteiger charge is 2.26. The van der Waals surface area contributed by atoms with Gasteiger partial charge in [-0.15, -0.1) is 0 Å². The summed E-state index contributed by atoms with van der Waals surface area (Å²) in [6.45, 7) is 3.29. The van der Waals surface area contributed by atoms with Crippen LogP contribution in [0.25, 0.3) is 0 Å². The second kappa shape index (κ2) is 41.8. The molecule has 0 bridgehead atoms. The van der Waals surface area contributed by atoms with Crippen LogP contribution in [0.5, 0.6) is 0 Å². The first-order valence-electron chi connectivity index (χ1n) is 21.5. The van der Waals surface area contributed by atoms with Crippen LogP contribution in [0.1, 0.15) is 136 Å². The van der Waals surface area contributed by atoms with Gasteiger partial charge in [0.15, 0.2) is 6.10 Å². The van der Waals surface area contributed by atoms with Crippen molar-refractivity contribution in [2.45, 2.75) is 148 Å². The van der Waals surface area contributed by atoms with Crippen molar-refractivity contribution in [2.75, 3.05) is 26.4 Å². The van der Waals surface area contributed by atoms with Gasteiger partial charge in [-0.25, -0.2) is 4.57 Å². The topological polar surface area (TPSA) is 155 Å². The maximum atomic E-state index is 12.6. The fraction of sp³-hybridized carbons (Fsp3) is 0.574. The van der Waals surface area contributed by atoms with E-state index in [0.29, 0.717) is 19.3 Å². The molecule has 0 saturated carbocycles. The SMILES string of the molecule is CC/C=C\C/C=C\C/C=C\C/C=C\C=C\C(O)CCCC(=O)O[C@H](COC(=O)CCCCC/C=C\C/C=C\C/C=C\C/C=C\CCCCC)COP(=O)(O)OCCN. The Hall–Kier alpha value is -3.37.